The fraction of sp³-hybridized carbons (Fsp3) is 0.500. The van der Waals surface area contributed by atoms with Gasteiger partial charge < -0.3 is 15.2 Å². The van der Waals surface area contributed by atoms with Gasteiger partial charge in [-0.2, -0.15) is 0 Å². The third-order valence-electron chi connectivity index (χ3n) is 2.46. The molecule has 0 saturated carbocycles. The number of rotatable bonds is 6. The summed E-state index contributed by atoms with van der Waals surface area (Å²) in [5.74, 6) is -0.404. The normalized spacial score (nSPS) is 12.5. The molecule has 0 bridgehead atoms. The topological polar surface area (TPSA) is 58.6 Å². The zero-order valence-corrected chi connectivity index (χ0v) is 11.1. The van der Waals surface area contributed by atoms with Crippen molar-refractivity contribution in [3.63, 3.8) is 0 Å². The van der Waals surface area contributed by atoms with Gasteiger partial charge in [0.05, 0.1) is 5.56 Å². The molecule has 1 atom stereocenters. The minimum Gasteiger partial charge on any atom is -0.459 e. The SMILES string of the molecule is Cc1ccc(C(=O)OC[C@@H](O)CNC(C)C)cc1. The predicted octanol–water partition coefficient (Wildman–Crippen LogP) is 1.51. The van der Waals surface area contributed by atoms with Crippen LogP contribution in [0.1, 0.15) is 29.8 Å². The van der Waals surface area contributed by atoms with E-state index in [0.29, 0.717) is 18.2 Å². The van der Waals surface area contributed by atoms with Crippen molar-refractivity contribution in [1.29, 1.82) is 0 Å². The smallest absolute Gasteiger partial charge is 0.338 e. The van der Waals surface area contributed by atoms with Crippen LogP contribution in [0.3, 0.4) is 0 Å². The second kappa shape index (κ2) is 7.13. The van der Waals surface area contributed by atoms with Crippen LogP contribution in [0.4, 0.5) is 0 Å². The van der Waals surface area contributed by atoms with Crippen LogP contribution in [0, 0.1) is 6.92 Å². The second-order valence-corrected chi connectivity index (χ2v) is 4.68. The lowest BCUT2D eigenvalue weighted by Gasteiger charge is -2.14. The highest BCUT2D eigenvalue weighted by molar-refractivity contribution is 5.89. The Balaban J connectivity index is 2.34. The first-order chi connectivity index (χ1) is 8.49. The van der Waals surface area contributed by atoms with E-state index in [0.717, 1.165) is 5.56 Å². The summed E-state index contributed by atoms with van der Waals surface area (Å²) in [6.07, 6.45) is -0.679. The molecule has 1 rings (SSSR count). The van der Waals surface area contributed by atoms with Gasteiger partial charge in [-0.25, -0.2) is 4.79 Å². The molecule has 100 valence electrons. The molecule has 2 N–H and O–H groups in total. The van der Waals surface area contributed by atoms with Crippen molar-refractivity contribution in [2.24, 2.45) is 0 Å². The lowest BCUT2D eigenvalue weighted by molar-refractivity contribution is 0.0256. The summed E-state index contributed by atoms with van der Waals surface area (Å²) in [4.78, 5) is 11.6. The van der Waals surface area contributed by atoms with E-state index in [-0.39, 0.29) is 6.61 Å². The number of benzene rings is 1. The molecule has 0 spiro atoms. The summed E-state index contributed by atoms with van der Waals surface area (Å²) >= 11 is 0. The number of carbonyl (C=O) groups excluding carboxylic acids is 1. The first-order valence-electron chi connectivity index (χ1n) is 6.14. The summed E-state index contributed by atoms with van der Waals surface area (Å²) in [6.45, 7) is 6.36. The molecule has 0 aromatic heterocycles. The minimum absolute atomic E-state index is 0.00638. The van der Waals surface area contributed by atoms with E-state index >= 15 is 0 Å². The molecule has 1 aromatic carbocycles. The number of aliphatic hydroxyl groups is 1. The number of nitrogens with one attached hydrogen (secondary N) is 1. The maximum atomic E-state index is 11.6. The molecule has 0 unspecified atom stereocenters. The van der Waals surface area contributed by atoms with Crippen molar-refractivity contribution in [2.45, 2.75) is 32.9 Å². The summed E-state index contributed by atoms with van der Waals surface area (Å²) in [7, 11) is 0. The van der Waals surface area contributed by atoms with E-state index in [1.54, 1.807) is 12.1 Å². The predicted molar refractivity (Wildman–Crippen MR) is 70.6 cm³/mol. The maximum absolute atomic E-state index is 11.6. The van der Waals surface area contributed by atoms with Gasteiger partial charge in [0.15, 0.2) is 0 Å². The lowest BCUT2D eigenvalue weighted by Crippen LogP contribution is -2.35. The van der Waals surface area contributed by atoms with E-state index in [1.165, 1.54) is 0 Å². The average Bonchev–Trinajstić information content (AvgIpc) is 2.34. The first-order valence-corrected chi connectivity index (χ1v) is 6.14. The highest BCUT2D eigenvalue weighted by Gasteiger charge is 2.10. The van der Waals surface area contributed by atoms with Gasteiger partial charge in [-0.3, -0.25) is 0 Å². The Hall–Kier alpha value is -1.39. The van der Waals surface area contributed by atoms with Crippen molar-refractivity contribution < 1.29 is 14.6 Å². The molecule has 4 nitrogen and oxygen atoms in total. The zero-order chi connectivity index (χ0) is 13.5. The number of esters is 1. The summed E-state index contributed by atoms with van der Waals surface area (Å²) in [5.41, 5.74) is 1.59. The first kappa shape index (κ1) is 14.7. The third-order valence-corrected chi connectivity index (χ3v) is 2.46. The molecule has 0 aliphatic heterocycles. The van der Waals surface area contributed by atoms with Crippen LogP contribution in [-0.4, -0.2) is 36.4 Å². The van der Waals surface area contributed by atoms with Crippen molar-refractivity contribution in [3.8, 4) is 0 Å². The molecule has 0 heterocycles. The molecule has 0 fully saturated rings. The van der Waals surface area contributed by atoms with Crippen LogP contribution in [-0.2, 0) is 4.74 Å². The van der Waals surface area contributed by atoms with Gasteiger partial charge in [0.25, 0.3) is 0 Å². The monoisotopic (exact) mass is 251 g/mol. The quantitative estimate of drug-likeness (QED) is 0.752. The maximum Gasteiger partial charge on any atom is 0.338 e. The molecule has 0 aliphatic carbocycles. The molecule has 0 radical (unpaired) electrons. The van der Waals surface area contributed by atoms with Gasteiger partial charge in [-0.15, -0.1) is 0 Å². The van der Waals surface area contributed by atoms with E-state index in [4.69, 9.17) is 4.74 Å². The van der Waals surface area contributed by atoms with Gasteiger partial charge in [0.2, 0.25) is 0 Å². The fourth-order valence-corrected chi connectivity index (χ4v) is 1.38. The van der Waals surface area contributed by atoms with Crippen LogP contribution < -0.4 is 5.32 Å². The number of hydrogen-bond donors (Lipinski definition) is 2. The van der Waals surface area contributed by atoms with Crippen molar-refractivity contribution in [2.75, 3.05) is 13.2 Å². The Bertz CT molecular complexity index is 373. The van der Waals surface area contributed by atoms with Crippen molar-refractivity contribution >= 4 is 5.97 Å². The highest BCUT2D eigenvalue weighted by atomic mass is 16.5. The molecule has 0 amide bonds. The van der Waals surface area contributed by atoms with E-state index in [1.807, 2.05) is 32.9 Å². The molecular weight excluding hydrogens is 230 g/mol. The van der Waals surface area contributed by atoms with E-state index in [2.05, 4.69) is 5.32 Å². The minimum atomic E-state index is -0.679. The molecule has 18 heavy (non-hydrogen) atoms. The Morgan fingerprint density at radius 1 is 1.33 bits per heavy atom. The van der Waals surface area contributed by atoms with Gasteiger partial charge in [0, 0.05) is 12.6 Å². The van der Waals surface area contributed by atoms with Gasteiger partial charge >= 0.3 is 5.97 Å². The van der Waals surface area contributed by atoms with Gasteiger partial charge in [-0.05, 0) is 19.1 Å². The summed E-state index contributed by atoms with van der Waals surface area (Å²) in [5, 5.41) is 12.7. The molecule has 0 saturated heterocycles. The second-order valence-electron chi connectivity index (χ2n) is 4.68. The summed E-state index contributed by atoms with van der Waals surface area (Å²) < 4.78 is 5.03. The van der Waals surface area contributed by atoms with Crippen molar-refractivity contribution in [3.05, 3.63) is 35.4 Å². The standard InChI is InChI=1S/C14H21NO3/c1-10(2)15-8-13(16)9-18-14(17)12-6-4-11(3)5-7-12/h4-7,10,13,15-16H,8-9H2,1-3H3/t13-/m0/s1. The third kappa shape index (κ3) is 5.29. The number of aryl methyl sites for hydroxylation is 1. The number of ether oxygens (including phenoxy) is 1. The average molecular weight is 251 g/mol. The number of carbonyl (C=O) groups is 1. The molecule has 1 aromatic rings. The van der Waals surface area contributed by atoms with Crippen LogP contribution in [0.25, 0.3) is 0 Å². The van der Waals surface area contributed by atoms with Crippen molar-refractivity contribution in [1.82, 2.24) is 5.32 Å². The Labute approximate surface area is 108 Å². The number of aliphatic hydroxyl groups excluding tert-OH is 1. The lowest BCUT2D eigenvalue weighted by atomic mass is 10.1. The number of hydrogen-bond acceptors (Lipinski definition) is 4. The molecule has 0 aliphatic rings. The zero-order valence-electron chi connectivity index (χ0n) is 11.1. The highest BCUT2D eigenvalue weighted by Crippen LogP contribution is 2.05. The Kier molecular flexibility index (Phi) is 5.82. The van der Waals surface area contributed by atoms with Gasteiger partial charge in [-0.1, -0.05) is 31.5 Å². The van der Waals surface area contributed by atoms with Crippen LogP contribution in [0.15, 0.2) is 24.3 Å². The van der Waals surface area contributed by atoms with E-state index < -0.39 is 12.1 Å². The van der Waals surface area contributed by atoms with Crippen LogP contribution in [0.5, 0.6) is 0 Å². The Morgan fingerprint density at radius 3 is 2.50 bits per heavy atom. The molecular formula is C14H21NO3. The van der Waals surface area contributed by atoms with Crippen LogP contribution in [0.2, 0.25) is 0 Å². The fourth-order valence-electron chi connectivity index (χ4n) is 1.38. The largest absolute Gasteiger partial charge is 0.459 e. The van der Waals surface area contributed by atoms with Gasteiger partial charge in [0.1, 0.15) is 12.7 Å². The molecule has 4 heteroatoms. The van der Waals surface area contributed by atoms with E-state index in [9.17, 15) is 9.90 Å². The Morgan fingerprint density at radius 2 is 1.94 bits per heavy atom. The van der Waals surface area contributed by atoms with Crippen LogP contribution >= 0.6 is 0 Å². The summed E-state index contributed by atoms with van der Waals surface area (Å²) in [6, 6.07) is 7.44.